The monoisotopic (exact) mass is 604 g/mol. The van der Waals surface area contributed by atoms with Crippen LogP contribution >= 0.6 is 0 Å². The zero-order valence-electron chi connectivity index (χ0n) is 27.0. The molecular formula is C36H45FN2O5. The van der Waals surface area contributed by atoms with Crippen LogP contribution in [0.2, 0.25) is 0 Å². The first-order valence-corrected chi connectivity index (χ1v) is 15.1. The Morgan fingerprint density at radius 3 is 2.02 bits per heavy atom. The van der Waals surface area contributed by atoms with Gasteiger partial charge in [-0.1, -0.05) is 90.9 Å². The fourth-order valence-electron chi connectivity index (χ4n) is 4.62. The van der Waals surface area contributed by atoms with Gasteiger partial charge in [-0.25, -0.2) is 0 Å². The van der Waals surface area contributed by atoms with Crippen molar-refractivity contribution >= 4 is 29.0 Å². The minimum absolute atomic E-state index is 0.0106. The Bertz CT molecular complexity index is 1470. The summed E-state index contributed by atoms with van der Waals surface area (Å²) >= 11 is 0. The van der Waals surface area contributed by atoms with Crippen molar-refractivity contribution in [2.45, 2.75) is 90.5 Å². The van der Waals surface area contributed by atoms with E-state index < -0.39 is 29.6 Å². The highest BCUT2D eigenvalue weighted by molar-refractivity contribution is 6.19. The Balaban J connectivity index is 1.83. The highest BCUT2D eigenvalue weighted by Gasteiger charge is 2.47. The van der Waals surface area contributed by atoms with E-state index in [-0.39, 0.29) is 22.1 Å². The van der Waals surface area contributed by atoms with Crippen molar-refractivity contribution in [1.82, 2.24) is 0 Å². The molecule has 0 fully saturated rings. The maximum absolute atomic E-state index is 15.7. The van der Waals surface area contributed by atoms with Crippen molar-refractivity contribution in [3.8, 4) is 5.75 Å². The number of para-hydroxylation sites is 1. The quantitative estimate of drug-likeness (QED) is 0.144. The van der Waals surface area contributed by atoms with E-state index in [1.54, 1.807) is 36.4 Å². The maximum atomic E-state index is 15.7. The first kappa shape index (κ1) is 34.5. The van der Waals surface area contributed by atoms with Gasteiger partial charge in [-0.05, 0) is 66.0 Å². The summed E-state index contributed by atoms with van der Waals surface area (Å²) in [5.74, 6) is -5.52. The molecule has 0 saturated heterocycles. The third kappa shape index (κ3) is 7.72. The first-order chi connectivity index (χ1) is 20.7. The molecule has 3 aromatic rings. The first-order valence-electron chi connectivity index (χ1n) is 15.1. The van der Waals surface area contributed by atoms with Gasteiger partial charge in [0.2, 0.25) is 5.78 Å². The van der Waals surface area contributed by atoms with Crippen LogP contribution in [0.3, 0.4) is 0 Å². The lowest BCUT2D eigenvalue weighted by Crippen LogP contribution is -2.47. The third-order valence-corrected chi connectivity index (χ3v) is 8.48. The standard InChI is InChI=1S/C36H45FN2O5/c1-9-29(44-30-21-20-25(34(4,5)10-2)23-28(30)35(6,7)11-3)32(41)38-27-19-15-16-24(22-27)31(40)36(37,43-8)33(42)39-26-17-13-12-14-18-26/h12-23,29H,9-11H2,1-8H3,(H,38,41)(H,39,42). The summed E-state index contributed by atoms with van der Waals surface area (Å²) in [6.07, 6.45) is 1.41. The molecule has 0 aliphatic carbocycles. The van der Waals surface area contributed by atoms with Gasteiger partial charge in [0.15, 0.2) is 6.10 Å². The molecule has 0 bridgehead atoms. The topological polar surface area (TPSA) is 93.7 Å². The van der Waals surface area contributed by atoms with Crippen LogP contribution in [0.4, 0.5) is 15.8 Å². The van der Waals surface area contributed by atoms with Gasteiger partial charge in [-0.2, -0.15) is 4.39 Å². The fraction of sp³-hybridized carbons (Fsp3) is 0.417. The average Bonchev–Trinajstić information content (AvgIpc) is 3.03. The second-order valence-corrected chi connectivity index (χ2v) is 12.2. The van der Waals surface area contributed by atoms with Gasteiger partial charge in [0, 0.05) is 29.6 Å². The zero-order valence-corrected chi connectivity index (χ0v) is 27.0. The van der Waals surface area contributed by atoms with Crippen LogP contribution in [0, 0.1) is 0 Å². The molecule has 2 unspecified atom stereocenters. The number of nitrogens with one attached hydrogen (secondary N) is 2. The number of hydrogen-bond donors (Lipinski definition) is 2. The number of anilines is 2. The lowest BCUT2D eigenvalue weighted by Gasteiger charge is -2.31. The normalized spacial score (nSPS) is 13.8. The van der Waals surface area contributed by atoms with E-state index in [2.05, 4.69) is 64.3 Å². The van der Waals surface area contributed by atoms with Gasteiger partial charge in [-0.3, -0.25) is 14.4 Å². The van der Waals surface area contributed by atoms with E-state index in [4.69, 9.17) is 9.47 Å². The summed E-state index contributed by atoms with van der Waals surface area (Å²) in [5, 5.41) is 5.15. The number of methoxy groups -OCH3 is 1. The number of carbonyl (C=O) groups is 3. The Kier molecular flexibility index (Phi) is 11.1. The predicted molar refractivity (Wildman–Crippen MR) is 173 cm³/mol. The molecule has 0 saturated carbocycles. The van der Waals surface area contributed by atoms with Crippen LogP contribution in [-0.4, -0.2) is 36.7 Å². The lowest BCUT2D eigenvalue weighted by atomic mass is 9.76. The lowest BCUT2D eigenvalue weighted by molar-refractivity contribution is -0.150. The number of ether oxygens (including phenoxy) is 2. The molecular weight excluding hydrogens is 559 g/mol. The molecule has 3 aromatic carbocycles. The number of amides is 2. The second kappa shape index (κ2) is 14.2. The van der Waals surface area contributed by atoms with Crippen LogP contribution in [0.25, 0.3) is 0 Å². The van der Waals surface area contributed by atoms with E-state index in [9.17, 15) is 14.4 Å². The fourth-order valence-corrected chi connectivity index (χ4v) is 4.62. The van der Waals surface area contributed by atoms with Crippen molar-refractivity contribution in [3.63, 3.8) is 0 Å². The van der Waals surface area contributed by atoms with Crippen molar-refractivity contribution in [2.24, 2.45) is 0 Å². The molecule has 0 aromatic heterocycles. The predicted octanol–water partition coefficient (Wildman–Crippen LogP) is 7.99. The number of Topliss-reactive ketones (excluding diaryl/α,β-unsaturated/α-hetero) is 1. The molecule has 0 radical (unpaired) electrons. The largest absolute Gasteiger partial charge is 0.480 e. The number of rotatable bonds is 14. The minimum Gasteiger partial charge on any atom is -0.480 e. The highest BCUT2D eigenvalue weighted by Crippen LogP contribution is 2.39. The SMILES string of the molecule is CCC(Oc1ccc(C(C)(C)CC)cc1C(C)(C)CC)C(=O)Nc1cccc(C(=O)C(F)(OC)C(=O)Nc2ccccc2)c1. The molecule has 0 spiro atoms. The number of halogens is 1. The van der Waals surface area contributed by atoms with Gasteiger partial charge >= 0.3 is 5.85 Å². The summed E-state index contributed by atoms with van der Waals surface area (Å²) in [6.45, 7) is 14.9. The highest BCUT2D eigenvalue weighted by atomic mass is 19.2. The number of carbonyl (C=O) groups excluding carboxylic acids is 3. The zero-order chi connectivity index (χ0) is 32.7. The molecule has 0 aliphatic rings. The van der Waals surface area contributed by atoms with E-state index >= 15 is 4.39 Å². The van der Waals surface area contributed by atoms with Gasteiger partial charge in [0.25, 0.3) is 11.8 Å². The average molecular weight is 605 g/mol. The molecule has 44 heavy (non-hydrogen) atoms. The van der Waals surface area contributed by atoms with E-state index in [0.717, 1.165) is 25.5 Å². The van der Waals surface area contributed by atoms with E-state index in [1.165, 1.54) is 23.8 Å². The van der Waals surface area contributed by atoms with E-state index in [1.807, 2.05) is 13.0 Å². The third-order valence-electron chi connectivity index (χ3n) is 8.48. The number of ketones is 1. The van der Waals surface area contributed by atoms with Crippen molar-refractivity contribution in [3.05, 3.63) is 89.5 Å². The van der Waals surface area contributed by atoms with Gasteiger partial charge in [-0.15, -0.1) is 0 Å². The summed E-state index contributed by atoms with van der Waals surface area (Å²) in [6, 6.07) is 20.1. The Morgan fingerprint density at radius 1 is 0.795 bits per heavy atom. The van der Waals surface area contributed by atoms with Crippen LogP contribution in [0.5, 0.6) is 5.75 Å². The van der Waals surface area contributed by atoms with Crippen molar-refractivity contribution in [1.29, 1.82) is 0 Å². The maximum Gasteiger partial charge on any atom is 0.352 e. The Morgan fingerprint density at radius 2 is 1.43 bits per heavy atom. The molecule has 2 atom stereocenters. The molecule has 0 heterocycles. The van der Waals surface area contributed by atoms with Crippen LogP contribution in [-0.2, 0) is 25.2 Å². The van der Waals surface area contributed by atoms with Crippen molar-refractivity contribution < 1.29 is 28.2 Å². The Hall–Kier alpha value is -4.04. The number of hydrogen-bond acceptors (Lipinski definition) is 5. The van der Waals surface area contributed by atoms with Crippen LogP contribution in [0.15, 0.2) is 72.8 Å². The minimum atomic E-state index is -3.28. The number of benzene rings is 3. The Labute approximate surface area is 260 Å². The van der Waals surface area contributed by atoms with Gasteiger partial charge in [0.05, 0.1) is 0 Å². The molecule has 7 nitrogen and oxygen atoms in total. The molecule has 8 heteroatoms. The number of alkyl halides is 1. The summed E-state index contributed by atoms with van der Waals surface area (Å²) in [5.41, 5.74) is 2.45. The van der Waals surface area contributed by atoms with E-state index in [0.29, 0.717) is 17.9 Å². The van der Waals surface area contributed by atoms with Crippen LogP contribution in [0.1, 0.15) is 89.2 Å². The molecule has 236 valence electrons. The smallest absolute Gasteiger partial charge is 0.352 e. The second-order valence-electron chi connectivity index (χ2n) is 12.2. The molecule has 0 aliphatic heterocycles. The molecule has 3 rings (SSSR count). The van der Waals surface area contributed by atoms with Crippen LogP contribution < -0.4 is 15.4 Å². The summed E-state index contributed by atoms with van der Waals surface area (Å²) in [7, 11) is 0.946. The summed E-state index contributed by atoms with van der Waals surface area (Å²) < 4.78 is 26.8. The van der Waals surface area contributed by atoms with Gasteiger partial charge in [0.1, 0.15) is 5.75 Å². The van der Waals surface area contributed by atoms with Crippen molar-refractivity contribution in [2.75, 3.05) is 17.7 Å². The molecule has 2 N–H and O–H groups in total. The molecule has 2 amide bonds. The summed E-state index contributed by atoms with van der Waals surface area (Å²) in [4.78, 5) is 39.3. The van der Waals surface area contributed by atoms with Gasteiger partial charge < -0.3 is 20.1 Å².